The highest BCUT2D eigenvalue weighted by Gasteiger charge is 2.27. The van der Waals surface area contributed by atoms with E-state index in [1.54, 1.807) is 35.8 Å². The van der Waals surface area contributed by atoms with Crippen LogP contribution in [0.5, 0.6) is 0 Å². The predicted octanol–water partition coefficient (Wildman–Crippen LogP) is 5.11. The first-order valence-electron chi connectivity index (χ1n) is 9.93. The number of aromatic nitrogens is 3. The van der Waals surface area contributed by atoms with Gasteiger partial charge in [0, 0.05) is 12.1 Å². The van der Waals surface area contributed by atoms with Crippen LogP contribution in [-0.2, 0) is 20.8 Å². The molecule has 0 radical (unpaired) electrons. The molecule has 184 valence electrons. The largest absolute Gasteiger partial charge is 0.465 e. The number of nitrogens with one attached hydrogen (secondary N) is 1. The molecule has 0 unspecified atom stereocenters. The van der Waals surface area contributed by atoms with Crippen molar-refractivity contribution < 1.29 is 23.9 Å². The number of allylic oxidation sites excluding steroid dienone is 1. The Morgan fingerprint density at radius 2 is 1.89 bits per heavy atom. The molecule has 0 fully saturated rings. The van der Waals surface area contributed by atoms with Gasteiger partial charge in [-0.25, -0.2) is 9.59 Å². The summed E-state index contributed by atoms with van der Waals surface area (Å²) < 4.78 is 11.4. The molecule has 0 aliphatic rings. The number of rotatable bonds is 9. The molecule has 3 aromatic rings. The van der Waals surface area contributed by atoms with Crippen molar-refractivity contribution in [3.05, 3.63) is 56.9 Å². The smallest absolute Gasteiger partial charge is 0.348 e. The number of carbonyl (C=O) groups is 3. The lowest BCUT2D eigenvalue weighted by Crippen LogP contribution is -2.16. The van der Waals surface area contributed by atoms with Crippen molar-refractivity contribution in [2.75, 3.05) is 25.3 Å². The summed E-state index contributed by atoms with van der Waals surface area (Å²) in [4.78, 5) is 37.2. The van der Waals surface area contributed by atoms with E-state index in [1.165, 1.54) is 14.2 Å². The van der Waals surface area contributed by atoms with Gasteiger partial charge >= 0.3 is 11.9 Å². The molecule has 13 heteroatoms. The van der Waals surface area contributed by atoms with Crippen LogP contribution in [0, 0.1) is 6.92 Å². The zero-order valence-electron chi connectivity index (χ0n) is 18.9. The average molecular weight is 555 g/mol. The molecule has 0 saturated carbocycles. The summed E-state index contributed by atoms with van der Waals surface area (Å²) in [5.74, 6) is -1.20. The second-order valence-electron chi connectivity index (χ2n) is 6.91. The number of carbonyl (C=O) groups excluding carboxylic acids is 3. The van der Waals surface area contributed by atoms with E-state index in [9.17, 15) is 14.4 Å². The van der Waals surface area contributed by atoms with Crippen molar-refractivity contribution in [2.45, 2.75) is 18.6 Å². The number of anilines is 1. The number of halogens is 2. The van der Waals surface area contributed by atoms with Crippen molar-refractivity contribution in [1.82, 2.24) is 14.8 Å². The summed E-state index contributed by atoms with van der Waals surface area (Å²) >= 11 is 14.2. The lowest BCUT2D eigenvalue weighted by molar-refractivity contribution is -0.113. The minimum absolute atomic E-state index is 0.0399. The summed E-state index contributed by atoms with van der Waals surface area (Å²) in [5.41, 5.74) is 1.18. The van der Waals surface area contributed by atoms with Gasteiger partial charge < -0.3 is 14.8 Å². The highest BCUT2D eigenvalue weighted by molar-refractivity contribution is 7.99. The summed E-state index contributed by atoms with van der Waals surface area (Å²) in [6.45, 7) is 5.75. The van der Waals surface area contributed by atoms with Crippen LogP contribution in [-0.4, -0.2) is 52.6 Å². The normalized spacial score (nSPS) is 10.7. The molecule has 9 nitrogen and oxygen atoms in total. The van der Waals surface area contributed by atoms with Crippen LogP contribution < -0.4 is 5.32 Å². The molecule has 2 heterocycles. The fourth-order valence-electron chi connectivity index (χ4n) is 3.07. The first kappa shape index (κ1) is 26.7. The second kappa shape index (κ2) is 11.7. The molecule has 0 saturated heterocycles. The maximum absolute atomic E-state index is 12.7. The number of esters is 2. The van der Waals surface area contributed by atoms with Gasteiger partial charge in [0.1, 0.15) is 9.88 Å². The number of thiophene rings is 1. The van der Waals surface area contributed by atoms with E-state index in [2.05, 4.69) is 22.1 Å². The topological polar surface area (TPSA) is 112 Å². The summed E-state index contributed by atoms with van der Waals surface area (Å²) in [7, 11) is 2.45. The molecule has 0 spiro atoms. The Hall–Kier alpha value is -2.86. The lowest BCUT2D eigenvalue weighted by Gasteiger charge is -2.09. The Labute approximate surface area is 219 Å². The minimum Gasteiger partial charge on any atom is -0.465 e. The summed E-state index contributed by atoms with van der Waals surface area (Å²) in [5, 5.41) is 12.6. The van der Waals surface area contributed by atoms with Crippen molar-refractivity contribution in [1.29, 1.82) is 0 Å². The van der Waals surface area contributed by atoms with E-state index in [0.29, 0.717) is 38.7 Å². The standard InChI is InChI=1S/C22H20Cl2N4O5S2/c1-5-8-28-18(12-6-7-13(23)14(24)9-12)26-27-22(28)34-10-15(29)25-19-16(20(30)32-3)11(2)17(35-19)21(31)33-4/h5-7,9H,1,8,10H2,2-4H3,(H,25,29). The number of ether oxygens (including phenoxy) is 2. The van der Waals surface area contributed by atoms with E-state index < -0.39 is 17.8 Å². The highest BCUT2D eigenvalue weighted by Crippen LogP contribution is 2.35. The van der Waals surface area contributed by atoms with Crippen molar-refractivity contribution >= 4 is 69.1 Å². The number of hydrogen-bond acceptors (Lipinski definition) is 9. The van der Waals surface area contributed by atoms with Crippen LogP contribution in [0.1, 0.15) is 25.6 Å². The minimum atomic E-state index is -0.672. The predicted molar refractivity (Wildman–Crippen MR) is 137 cm³/mol. The molecular formula is C22H20Cl2N4O5S2. The Balaban J connectivity index is 1.81. The van der Waals surface area contributed by atoms with Gasteiger partial charge in [-0.3, -0.25) is 9.36 Å². The van der Waals surface area contributed by atoms with Gasteiger partial charge in [-0.2, -0.15) is 0 Å². The van der Waals surface area contributed by atoms with E-state index >= 15 is 0 Å². The Morgan fingerprint density at radius 1 is 1.17 bits per heavy atom. The first-order chi connectivity index (χ1) is 16.7. The quantitative estimate of drug-likeness (QED) is 0.220. The molecule has 35 heavy (non-hydrogen) atoms. The molecule has 1 N–H and O–H groups in total. The number of thioether (sulfide) groups is 1. The van der Waals surface area contributed by atoms with E-state index in [1.807, 2.05) is 0 Å². The van der Waals surface area contributed by atoms with Gasteiger partial charge in [0.25, 0.3) is 0 Å². The number of benzene rings is 1. The fourth-order valence-corrected chi connectivity index (χ4v) is 5.24. The van der Waals surface area contributed by atoms with Gasteiger partial charge in [0.2, 0.25) is 5.91 Å². The number of methoxy groups -OCH3 is 2. The Bertz CT molecular complexity index is 1310. The molecular weight excluding hydrogens is 535 g/mol. The molecule has 0 bridgehead atoms. The van der Waals surface area contributed by atoms with E-state index in [-0.39, 0.29) is 21.2 Å². The third-order valence-corrected chi connectivity index (χ3v) is 7.59. The van der Waals surface area contributed by atoms with Crippen molar-refractivity contribution in [3.8, 4) is 11.4 Å². The molecule has 3 rings (SSSR count). The highest BCUT2D eigenvalue weighted by atomic mass is 35.5. The van der Waals surface area contributed by atoms with E-state index in [0.717, 1.165) is 23.1 Å². The van der Waals surface area contributed by atoms with Gasteiger partial charge in [0.15, 0.2) is 11.0 Å². The zero-order chi connectivity index (χ0) is 25.7. The number of hydrogen-bond donors (Lipinski definition) is 1. The Kier molecular flexibility index (Phi) is 8.95. The van der Waals surface area contributed by atoms with Crippen LogP contribution in [0.3, 0.4) is 0 Å². The van der Waals surface area contributed by atoms with Gasteiger partial charge in [0.05, 0.1) is 35.6 Å². The molecule has 1 amide bonds. The molecule has 2 aromatic heterocycles. The van der Waals surface area contributed by atoms with Crippen LogP contribution >= 0.6 is 46.3 Å². The SMILES string of the molecule is C=CCn1c(SCC(=O)Nc2sc(C(=O)OC)c(C)c2C(=O)OC)nnc1-c1ccc(Cl)c(Cl)c1. The zero-order valence-corrected chi connectivity index (χ0v) is 22.0. The number of amides is 1. The van der Waals surface area contributed by atoms with Crippen LogP contribution in [0.15, 0.2) is 36.0 Å². The Morgan fingerprint density at radius 3 is 2.51 bits per heavy atom. The van der Waals surface area contributed by atoms with Crippen molar-refractivity contribution in [3.63, 3.8) is 0 Å². The maximum atomic E-state index is 12.7. The lowest BCUT2D eigenvalue weighted by atomic mass is 10.1. The van der Waals surface area contributed by atoms with Gasteiger partial charge in [-0.05, 0) is 30.7 Å². The third kappa shape index (κ3) is 5.87. The molecule has 0 aliphatic heterocycles. The molecule has 0 aliphatic carbocycles. The fraction of sp³-hybridized carbons (Fsp3) is 0.227. The van der Waals surface area contributed by atoms with Crippen LogP contribution in [0.4, 0.5) is 5.00 Å². The van der Waals surface area contributed by atoms with E-state index in [4.69, 9.17) is 32.7 Å². The van der Waals surface area contributed by atoms with Gasteiger partial charge in [-0.1, -0.05) is 41.0 Å². The third-order valence-electron chi connectivity index (χ3n) is 4.70. The van der Waals surface area contributed by atoms with Crippen LogP contribution in [0.2, 0.25) is 10.0 Å². The number of nitrogens with zero attached hydrogens (tertiary/aromatic N) is 3. The average Bonchev–Trinajstić information content (AvgIpc) is 3.39. The first-order valence-corrected chi connectivity index (χ1v) is 12.5. The summed E-state index contributed by atoms with van der Waals surface area (Å²) in [6.07, 6.45) is 1.68. The second-order valence-corrected chi connectivity index (χ2v) is 9.69. The van der Waals surface area contributed by atoms with Crippen molar-refractivity contribution in [2.24, 2.45) is 0 Å². The van der Waals surface area contributed by atoms with Crippen LogP contribution in [0.25, 0.3) is 11.4 Å². The maximum Gasteiger partial charge on any atom is 0.348 e. The summed E-state index contributed by atoms with van der Waals surface area (Å²) in [6, 6.07) is 5.11. The molecule has 0 atom stereocenters. The monoisotopic (exact) mass is 554 g/mol. The molecule has 1 aromatic carbocycles. The van der Waals surface area contributed by atoms with Gasteiger partial charge in [-0.15, -0.1) is 28.1 Å².